The molecule has 9 nitrogen and oxygen atoms in total. The average molecular weight is 458 g/mol. The smallest absolute Gasteiger partial charge is 0.344 e. The van der Waals surface area contributed by atoms with E-state index >= 15 is 0 Å². The molecule has 33 heavy (non-hydrogen) atoms. The second-order valence-corrected chi connectivity index (χ2v) is 6.90. The molecule has 1 N–H and O–H groups in total. The molecule has 0 fully saturated rings. The van der Waals surface area contributed by atoms with Gasteiger partial charge in [-0.25, -0.2) is 14.4 Å². The third-order valence-electron chi connectivity index (χ3n) is 4.31. The third kappa shape index (κ3) is 10.9. The van der Waals surface area contributed by atoms with Gasteiger partial charge in [-0.3, -0.25) is 4.79 Å². The molecular weight excluding hydrogens is 432 g/mol. The van der Waals surface area contributed by atoms with Gasteiger partial charge in [0.1, 0.15) is 0 Å². The highest BCUT2D eigenvalue weighted by Gasteiger charge is 2.23. The molecule has 0 aliphatic rings. The molecule has 0 radical (unpaired) electrons. The Morgan fingerprint density at radius 2 is 1.09 bits per heavy atom. The standard InChI is InChI=1S/C24H26O9/c25-20(24(29)33-17-23(28)31-14-12-19-9-5-2-6-10-19)15-21(26)32-16-22(27)30-13-11-18-7-3-1-4-8-18/h1-10,20,25H,11-17H2. The first kappa shape index (κ1) is 25.5. The molecule has 2 aromatic carbocycles. The number of esters is 4. The van der Waals surface area contributed by atoms with Gasteiger partial charge in [-0.1, -0.05) is 60.7 Å². The first-order valence-electron chi connectivity index (χ1n) is 10.3. The van der Waals surface area contributed by atoms with Crippen LogP contribution in [0.15, 0.2) is 60.7 Å². The quantitative estimate of drug-likeness (QED) is 0.350. The summed E-state index contributed by atoms with van der Waals surface area (Å²) in [6.45, 7) is -1.12. The molecule has 0 aliphatic heterocycles. The van der Waals surface area contributed by atoms with Crippen molar-refractivity contribution in [1.82, 2.24) is 0 Å². The molecule has 176 valence electrons. The second kappa shape index (κ2) is 14.4. The van der Waals surface area contributed by atoms with E-state index in [9.17, 15) is 24.3 Å². The van der Waals surface area contributed by atoms with E-state index in [1.165, 1.54) is 0 Å². The van der Waals surface area contributed by atoms with Crippen LogP contribution in [0.4, 0.5) is 0 Å². The van der Waals surface area contributed by atoms with Gasteiger partial charge in [0.05, 0.1) is 19.6 Å². The van der Waals surface area contributed by atoms with Crippen LogP contribution in [-0.2, 0) is 51.0 Å². The van der Waals surface area contributed by atoms with Gasteiger partial charge in [0.15, 0.2) is 19.3 Å². The van der Waals surface area contributed by atoms with Crippen molar-refractivity contribution in [3.8, 4) is 0 Å². The zero-order valence-corrected chi connectivity index (χ0v) is 18.0. The summed E-state index contributed by atoms with van der Waals surface area (Å²) in [5, 5.41) is 9.71. The lowest BCUT2D eigenvalue weighted by atomic mass is 10.2. The van der Waals surface area contributed by atoms with Gasteiger partial charge in [0.2, 0.25) is 0 Å². The molecule has 0 bridgehead atoms. The van der Waals surface area contributed by atoms with E-state index in [0.717, 1.165) is 11.1 Å². The molecule has 1 unspecified atom stereocenters. The topological polar surface area (TPSA) is 125 Å². The lowest BCUT2D eigenvalue weighted by Crippen LogP contribution is -2.30. The van der Waals surface area contributed by atoms with Crippen molar-refractivity contribution >= 4 is 23.9 Å². The zero-order valence-electron chi connectivity index (χ0n) is 18.0. The van der Waals surface area contributed by atoms with Crippen molar-refractivity contribution in [2.75, 3.05) is 26.4 Å². The Morgan fingerprint density at radius 1 is 0.636 bits per heavy atom. The summed E-state index contributed by atoms with van der Waals surface area (Å²) in [5.74, 6) is -3.72. The monoisotopic (exact) mass is 458 g/mol. The lowest BCUT2D eigenvalue weighted by Gasteiger charge is -2.11. The van der Waals surface area contributed by atoms with Crippen molar-refractivity contribution < 1.29 is 43.2 Å². The number of rotatable bonds is 13. The summed E-state index contributed by atoms with van der Waals surface area (Å²) in [7, 11) is 0. The van der Waals surface area contributed by atoms with Gasteiger partial charge in [0, 0.05) is 12.8 Å². The number of hydrogen-bond acceptors (Lipinski definition) is 9. The maximum Gasteiger partial charge on any atom is 0.344 e. The van der Waals surface area contributed by atoms with Crippen molar-refractivity contribution in [2.24, 2.45) is 0 Å². The Balaban J connectivity index is 1.54. The van der Waals surface area contributed by atoms with E-state index in [1.807, 2.05) is 60.7 Å². The zero-order chi connectivity index (χ0) is 23.9. The number of carbonyl (C=O) groups excluding carboxylic acids is 4. The molecule has 0 amide bonds. The highest BCUT2D eigenvalue weighted by atomic mass is 16.6. The van der Waals surface area contributed by atoms with E-state index in [-0.39, 0.29) is 13.2 Å². The Bertz CT molecular complexity index is 897. The van der Waals surface area contributed by atoms with Crippen LogP contribution in [0.25, 0.3) is 0 Å². The van der Waals surface area contributed by atoms with Gasteiger partial charge in [-0.05, 0) is 11.1 Å². The Labute approximate surface area is 191 Å². The van der Waals surface area contributed by atoms with Gasteiger partial charge in [-0.15, -0.1) is 0 Å². The molecule has 0 spiro atoms. The molecule has 1 atom stereocenters. The van der Waals surface area contributed by atoms with Gasteiger partial charge < -0.3 is 24.1 Å². The maximum absolute atomic E-state index is 11.7. The second-order valence-electron chi connectivity index (χ2n) is 6.90. The van der Waals surface area contributed by atoms with Crippen LogP contribution in [0.1, 0.15) is 17.5 Å². The third-order valence-corrected chi connectivity index (χ3v) is 4.31. The minimum atomic E-state index is -1.84. The molecule has 0 aliphatic carbocycles. The van der Waals surface area contributed by atoms with Crippen LogP contribution < -0.4 is 0 Å². The number of ether oxygens (including phenoxy) is 4. The summed E-state index contributed by atoms with van der Waals surface area (Å²) in [6, 6.07) is 18.7. The number of carbonyl (C=O) groups is 4. The predicted octanol–water partition coefficient (Wildman–Crippen LogP) is 1.40. The first-order chi connectivity index (χ1) is 15.9. The summed E-state index contributed by atoms with van der Waals surface area (Å²) in [5.41, 5.74) is 1.97. The van der Waals surface area contributed by atoms with E-state index < -0.39 is 49.6 Å². The van der Waals surface area contributed by atoms with Crippen molar-refractivity contribution in [1.29, 1.82) is 0 Å². The summed E-state index contributed by atoms with van der Waals surface area (Å²) in [4.78, 5) is 46.6. The van der Waals surface area contributed by atoms with Crippen molar-refractivity contribution in [2.45, 2.75) is 25.4 Å². The maximum atomic E-state index is 11.7. The minimum absolute atomic E-state index is 0.108. The van der Waals surface area contributed by atoms with Crippen LogP contribution in [-0.4, -0.2) is 61.5 Å². The Morgan fingerprint density at radius 3 is 1.58 bits per heavy atom. The predicted molar refractivity (Wildman–Crippen MR) is 115 cm³/mol. The fourth-order valence-electron chi connectivity index (χ4n) is 2.60. The van der Waals surface area contributed by atoms with Gasteiger partial charge in [-0.2, -0.15) is 0 Å². The number of aliphatic hydroxyl groups is 1. The molecule has 0 saturated carbocycles. The fraction of sp³-hybridized carbons (Fsp3) is 0.333. The largest absolute Gasteiger partial charge is 0.463 e. The van der Waals surface area contributed by atoms with E-state index in [0.29, 0.717) is 12.8 Å². The normalized spacial score (nSPS) is 11.2. The summed E-state index contributed by atoms with van der Waals surface area (Å²) in [6.07, 6.45) is -1.56. The van der Waals surface area contributed by atoms with E-state index in [1.54, 1.807) is 0 Å². The van der Waals surface area contributed by atoms with Crippen LogP contribution in [0, 0.1) is 0 Å². The van der Waals surface area contributed by atoms with Gasteiger partial charge in [0.25, 0.3) is 0 Å². The van der Waals surface area contributed by atoms with Crippen LogP contribution in [0.5, 0.6) is 0 Å². The Kier molecular flexibility index (Phi) is 11.1. The van der Waals surface area contributed by atoms with Gasteiger partial charge >= 0.3 is 23.9 Å². The molecule has 0 saturated heterocycles. The molecule has 0 aromatic heterocycles. The summed E-state index contributed by atoms with van der Waals surface area (Å²) < 4.78 is 19.2. The molecular formula is C24H26O9. The van der Waals surface area contributed by atoms with Crippen molar-refractivity contribution in [3.05, 3.63) is 71.8 Å². The number of hydrogen-bond donors (Lipinski definition) is 1. The highest BCUT2D eigenvalue weighted by Crippen LogP contribution is 2.02. The van der Waals surface area contributed by atoms with Crippen molar-refractivity contribution in [3.63, 3.8) is 0 Å². The highest BCUT2D eigenvalue weighted by molar-refractivity contribution is 5.84. The van der Waals surface area contributed by atoms with E-state index in [4.69, 9.17) is 9.47 Å². The fourth-order valence-corrected chi connectivity index (χ4v) is 2.60. The Hall–Kier alpha value is -3.72. The SMILES string of the molecule is O=C(COC(=O)CC(O)C(=O)OCC(=O)OCCc1ccccc1)OCCc1ccccc1. The average Bonchev–Trinajstić information content (AvgIpc) is 2.82. The molecule has 0 heterocycles. The van der Waals surface area contributed by atoms with Crippen LogP contribution in [0.3, 0.4) is 0 Å². The molecule has 9 heteroatoms. The van der Waals surface area contributed by atoms with E-state index in [2.05, 4.69) is 9.47 Å². The molecule has 2 rings (SSSR count). The minimum Gasteiger partial charge on any atom is -0.463 e. The number of benzene rings is 2. The van der Waals surface area contributed by atoms with Crippen LogP contribution in [0.2, 0.25) is 0 Å². The number of aliphatic hydroxyl groups excluding tert-OH is 1. The first-order valence-corrected chi connectivity index (χ1v) is 10.3. The summed E-state index contributed by atoms with van der Waals surface area (Å²) >= 11 is 0. The lowest BCUT2D eigenvalue weighted by molar-refractivity contribution is -0.168. The molecule has 2 aromatic rings. The van der Waals surface area contributed by atoms with Crippen LogP contribution >= 0.6 is 0 Å².